The molecule has 1 aromatic rings. The van der Waals surface area contributed by atoms with Gasteiger partial charge in [-0.3, -0.25) is 4.99 Å². The van der Waals surface area contributed by atoms with Gasteiger partial charge in [0.1, 0.15) is 0 Å². The SMILES string of the molecule is CCNC(=NCCCS(=O)(=O)c1ccccc1)NC(C)CC.I. The van der Waals surface area contributed by atoms with Crippen LogP contribution in [0.1, 0.15) is 33.6 Å². The van der Waals surface area contributed by atoms with E-state index in [0.717, 1.165) is 18.9 Å². The van der Waals surface area contributed by atoms with Gasteiger partial charge in [0, 0.05) is 19.1 Å². The lowest BCUT2D eigenvalue weighted by Gasteiger charge is -2.16. The Kier molecular flexibility index (Phi) is 11.2. The molecule has 0 amide bonds. The fourth-order valence-corrected chi connectivity index (χ4v) is 3.16. The van der Waals surface area contributed by atoms with Gasteiger partial charge in [-0.1, -0.05) is 25.1 Å². The third-order valence-corrected chi connectivity index (χ3v) is 5.10. The van der Waals surface area contributed by atoms with E-state index >= 15 is 0 Å². The van der Waals surface area contributed by atoms with E-state index in [2.05, 4.69) is 29.5 Å². The molecule has 0 saturated heterocycles. The van der Waals surface area contributed by atoms with E-state index in [4.69, 9.17) is 0 Å². The normalized spacial score (nSPS) is 13.1. The van der Waals surface area contributed by atoms with Gasteiger partial charge in [-0.2, -0.15) is 0 Å². The van der Waals surface area contributed by atoms with E-state index in [0.29, 0.717) is 23.9 Å². The first-order valence-corrected chi connectivity index (χ1v) is 9.47. The van der Waals surface area contributed by atoms with Gasteiger partial charge in [0.25, 0.3) is 0 Å². The number of nitrogens with one attached hydrogen (secondary N) is 2. The Bertz CT molecular complexity index is 562. The number of guanidine groups is 1. The highest BCUT2D eigenvalue weighted by atomic mass is 127. The number of sulfone groups is 1. The van der Waals surface area contributed by atoms with Crippen molar-refractivity contribution in [3.63, 3.8) is 0 Å². The van der Waals surface area contributed by atoms with Gasteiger partial charge < -0.3 is 10.6 Å². The van der Waals surface area contributed by atoms with Crippen LogP contribution in [0.15, 0.2) is 40.2 Å². The molecule has 2 N–H and O–H groups in total. The molecule has 0 aromatic heterocycles. The highest BCUT2D eigenvalue weighted by Gasteiger charge is 2.13. The van der Waals surface area contributed by atoms with Gasteiger partial charge >= 0.3 is 0 Å². The molecule has 0 aliphatic heterocycles. The Balaban J connectivity index is 0.00000484. The zero-order chi connectivity index (χ0) is 16.4. The van der Waals surface area contributed by atoms with Crippen LogP contribution in [-0.2, 0) is 9.84 Å². The molecule has 0 saturated carbocycles. The average molecular weight is 453 g/mol. The van der Waals surface area contributed by atoms with Crippen molar-refractivity contribution in [2.24, 2.45) is 4.99 Å². The minimum absolute atomic E-state index is 0. The molecule has 1 aromatic carbocycles. The van der Waals surface area contributed by atoms with Crippen molar-refractivity contribution in [1.82, 2.24) is 10.6 Å². The molecule has 0 fully saturated rings. The maximum atomic E-state index is 12.1. The van der Waals surface area contributed by atoms with Crippen LogP contribution in [0.3, 0.4) is 0 Å². The zero-order valence-electron chi connectivity index (χ0n) is 14.1. The lowest BCUT2D eigenvalue weighted by molar-refractivity contribution is 0.593. The molecule has 0 radical (unpaired) electrons. The van der Waals surface area contributed by atoms with Gasteiger partial charge in [-0.15, -0.1) is 24.0 Å². The lowest BCUT2D eigenvalue weighted by atomic mass is 10.3. The summed E-state index contributed by atoms with van der Waals surface area (Å²) in [5.41, 5.74) is 0. The number of aliphatic imine (C=N–C) groups is 1. The van der Waals surface area contributed by atoms with E-state index in [1.54, 1.807) is 24.3 Å². The van der Waals surface area contributed by atoms with E-state index < -0.39 is 9.84 Å². The van der Waals surface area contributed by atoms with Crippen LogP contribution in [-0.4, -0.2) is 39.3 Å². The van der Waals surface area contributed by atoms with Crippen LogP contribution in [0, 0.1) is 0 Å². The quantitative estimate of drug-likeness (QED) is 0.275. The third kappa shape index (κ3) is 8.55. The summed E-state index contributed by atoms with van der Waals surface area (Å²) in [6.45, 7) is 7.47. The Labute approximate surface area is 157 Å². The summed E-state index contributed by atoms with van der Waals surface area (Å²) in [6.07, 6.45) is 1.51. The standard InChI is InChI=1S/C16H27N3O2S.HI/c1-4-14(3)19-16(17-5-2)18-12-9-13-22(20,21)15-10-7-6-8-11-15;/h6-8,10-11,14H,4-5,9,12-13H2,1-3H3,(H2,17,18,19);1H. The summed E-state index contributed by atoms with van der Waals surface area (Å²) >= 11 is 0. The van der Waals surface area contributed by atoms with Crippen molar-refractivity contribution >= 4 is 39.8 Å². The molecule has 7 heteroatoms. The van der Waals surface area contributed by atoms with Gasteiger partial charge in [0.2, 0.25) is 0 Å². The van der Waals surface area contributed by atoms with Crippen molar-refractivity contribution in [1.29, 1.82) is 0 Å². The minimum atomic E-state index is -3.21. The van der Waals surface area contributed by atoms with Gasteiger partial charge in [0.15, 0.2) is 15.8 Å². The van der Waals surface area contributed by atoms with Crippen molar-refractivity contribution in [2.45, 2.75) is 44.6 Å². The minimum Gasteiger partial charge on any atom is -0.357 e. The first-order chi connectivity index (χ1) is 10.5. The highest BCUT2D eigenvalue weighted by molar-refractivity contribution is 14.0. The summed E-state index contributed by atoms with van der Waals surface area (Å²) < 4.78 is 24.3. The number of hydrogen-bond donors (Lipinski definition) is 2. The molecular weight excluding hydrogens is 425 g/mol. The first kappa shape index (κ1) is 22.2. The van der Waals surface area contributed by atoms with Gasteiger partial charge in [-0.25, -0.2) is 8.42 Å². The molecule has 0 spiro atoms. The van der Waals surface area contributed by atoms with Crippen molar-refractivity contribution in [3.05, 3.63) is 30.3 Å². The van der Waals surface area contributed by atoms with Crippen molar-refractivity contribution in [2.75, 3.05) is 18.8 Å². The zero-order valence-corrected chi connectivity index (χ0v) is 17.2. The molecule has 0 bridgehead atoms. The smallest absolute Gasteiger partial charge is 0.191 e. The van der Waals surface area contributed by atoms with Crippen LogP contribution in [0.2, 0.25) is 0 Å². The highest BCUT2D eigenvalue weighted by Crippen LogP contribution is 2.10. The van der Waals surface area contributed by atoms with E-state index in [1.165, 1.54) is 0 Å². The Morgan fingerprint density at radius 1 is 1.22 bits per heavy atom. The third-order valence-electron chi connectivity index (χ3n) is 3.28. The monoisotopic (exact) mass is 453 g/mol. The molecule has 1 atom stereocenters. The molecule has 132 valence electrons. The lowest BCUT2D eigenvalue weighted by Crippen LogP contribution is -2.42. The second-order valence-corrected chi connectivity index (χ2v) is 7.31. The predicted octanol–water partition coefficient (Wildman–Crippen LogP) is 2.82. The van der Waals surface area contributed by atoms with Gasteiger partial charge in [0.05, 0.1) is 10.6 Å². The number of halogens is 1. The number of benzene rings is 1. The van der Waals surface area contributed by atoms with Crippen LogP contribution in [0.5, 0.6) is 0 Å². The molecule has 23 heavy (non-hydrogen) atoms. The van der Waals surface area contributed by atoms with Crippen LogP contribution >= 0.6 is 24.0 Å². The van der Waals surface area contributed by atoms with E-state index in [-0.39, 0.29) is 29.7 Å². The summed E-state index contributed by atoms with van der Waals surface area (Å²) in [7, 11) is -3.21. The Hall–Kier alpha value is -0.830. The van der Waals surface area contributed by atoms with Crippen molar-refractivity contribution < 1.29 is 8.42 Å². The average Bonchev–Trinajstić information content (AvgIpc) is 2.52. The number of rotatable bonds is 8. The summed E-state index contributed by atoms with van der Waals surface area (Å²) in [6, 6.07) is 8.90. The predicted molar refractivity (Wildman–Crippen MR) is 107 cm³/mol. The molecular formula is C16H28IN3O2S. The second-order valence-electron chi connectivity index (χ2n) is 5.20. The van der Waals surface area contributed by atoms with Crippen LogP contribution in [0.4, 0.5) is 0 Å². The van der Waals surface area contributed by atoms with E-state index in [9.17, 15) is 8.42 Å². The van der Waals surface area contributed by atoms with Gasteiger partial charge in [-0.05, 0) is 38.8 Å². The van der Waals surface area contributed by atoms with Crippen molar-refractivity contribution in [3.8, 4) is 0 Å². The summed E-state index contributed by atoms with van der Waals surface area (Å²) in [4.78, 5) is 4.81. The fraction of sp³-hybridized carbons (Fsp3) is 0.562. The molecule has 0 heterocycles. The van der Waals surface area contributed by atoms with Crippen LogP contribution < -0.4 is 10.6 Å². The second kappa shape index (κ2) is 11.7. The topological polar surface area (TPSA) is 70.6 Å². The first-order valence-electron chi connectivity index (χ1n) is 7.82. The number of hydrogen-bond acceptors (Lipinski definition) is 3. The summed E-state index contributed by atoms with van der Waals surface area (Å²) in [5.74, 6) is 0.859. The molecule has 1 rings (SSSR count). The maximum Gasteiger partial charge on any atom is 0.191 e. The number of nitrogens with zero attached hydrogens (tertiary/aromatic N) is 1. The largest absolute Gasteiger partial charge is 0.357 e. The maximum absolute atomic E-state index is 12.1. The Morgan fingerprint density at radius 3 is 2.43 bits per heavy atom. The Morgan fingerprint density at radius 2 is 1.87 bits per heavy atom. The van der Waals surface area contributed by atoms with Crippen LogP contribution in [0.25, 0.3) is 0 Å². The molecule has 1 unspecified atom stereocenters. The molecule has 5 nitrogen and oxygen atoms in total. The molecule has 0 aliphatic carbocycles. The molecule has 0 aliphatic rings. The fourth-order valence-electron chi connectivity index (χ4n) is 1.85. The summed E-state index contributed by atoms with van der Waals surface area (Å²) in [5, 5.41) is 6.45. The van der Waals surface area contributed by atoms with E-state index in [1.807, 2.05) is 13.0 Å².